The summed E-state index contributed by atoms with van der Waals surface area (Å²) < 4.78 is 33.1. The molecule has 1 saturated heterocycles. The third kappa shape index (κ3) is 3.78. The van der Waals surface area contributed by atoms with Crippen LogP contribution < -0.4 is 15.4 Å². The Hall–Kier alpha value is -2.91. The lowest BCUT2D eigenvalue weighted by atomic mass is 10.1. The zero-order chi connectivity index (χ0) is 21.5. The molecule has 0 aliphatic carbocycles. The molecule has 1 atom stereocenters. The van der Waals surface area contributed by atoms with Crippen LogP contribution in [0.15, 0.2) is 41.3 Å². The minimum absolute atomic E-state index is 0.0125. The van der Waals surface area contributed by atoms with Gasteiger partial charge in [0.15, 0.2) is 6.61 Å². The average molecular weight is 429 g/mol. The van der Waals surface area contributed by atoms with E-state index in [1.807, 2.05) is 32.0 Å². The van der Waals surface area contributed by atoms with Crippen molar-refractivity contribution in [3.63, 3.8) is 0 Å². The Morgan fingerprint density at radius 3 is 2.80 bits per heavy atom. The van der Waals surface area contributed by atoms with E-state index in [1.54, 1.807) is 0 Å². The summed E-state index contributed by atoms with van der Waals surface area (Å²) in [5.74, 6) is -0.275. The Morgan fingerprint density at radius 1 is 1.20 bits per heavy atom. The van der Waals surface area contributed by atoms with Crippen LogP contribution in [0.3, 0.4) is 0 Å². The molecule has 1 fully saturated rings. The molecule has 0 radical (unpaired) electrons. The summed E-state index contributed by atoms with van der Waals surface area (Å²) >= 11 is 0. The van der Waals surface area contributed by atoms with Crippen LogP contribution in [0.1, 0.15) is 24.0 Å². The van der Waals surface area contributed by atoms with Crippen molar-refractivity contribution in [2.45, 2.75) is 37.6 Å². The van der Waals surface area contributed by atoms with E-state index in [1.165, 1.54) is 22.5 Å². The van der Waals surface area contributed by atoms with Crippen LogP contribution >= 0.6 is 0 Å². The summed E-state index contributed by atoms with van der Waals surface area (Å²) in [6.07, 6.45) is 1.04. The van der Waals surface area contributed by atoms with E-state index in [-0.39, 0.29) is 29.9 Å². The molecule has 9 heteroatoms. The molecule has 2 amide bonds. The SMILES string of the molecule is Cc1ccc(C)c(NC(=O)C2CCCN2S(=O)(=O)c2ccc3c(c2)NC(=O)CO3)c1. The number of ether oxygens (including phenoxy) is 1. The van der Waals surface area contributed by atoms with E-state index >= 15 is 0 Å². The molecule has 0 aromatic heterocycles. The smallest absolute Gasteiger partial charge is 0.262 e. The zero-order valence-electron chi connectivity index (χ0n) is 16.8. The Labute approximate surface area is 175 Å². The van der Waals surface area contributed by atoms with Gasteiger partial charge in [0.1, 0.15) is 11.8 Å². The third-order valence-corrected chi connectivity index (χ3v) is 7.25. The van der Waals surface area contributed by atoms with Crippen molar-refractivity contribution in [1.82, 2.24) is 4.31 Å². The molecule has 2 N–H and O–H groups in total. The van der Waals surface area contributed by atoms with Crippen LogP contribution in [-0.4, -0.2) is 43.7 Å². The second kappa shape index (κ2) is 7.73. The number of anilines is 2. The lowest BCUT2D eigenvalue weighted by Gasteiger charge is -2.25. The number of hydrogen-bond acceptors (Lipinski definition) is 5. The molecule has 30 heavy (non-hydrogen) atoms. The third-order valence-electron chi connectivity index (χ3n) is 5.35. The second-order valence-electron chi connectivity index (χ2n) is 7.58. The fourth-order valence-corrected chi connectivity index (χ4v) is 5.42. The van der Waals surface area contributed by atoms with E-state index in [0.717, 1.165) is 11.1 Å². The van der Waals surface area contributed by atoms with Crippen LogP contribution in [0, 0.1) is 13.8 Å². The highest BCUT2D eigenvalue weighted by Gasteiger charge is 2.40. The van der Waals surface area contributed by atoms with E-state index < -0.39 is 16.1 Å². The Kier molecular flexibility index (Phi) is 5.25. The van der Waals surface area contributed by atoms with Gasteiger partial charge in [0.25, 0.3) is 5.91 Å². The maximum Gasteiger partial charge on any atom is 0.262 e. The van der Waals surface area contributed by atoms with Gasteiger partial charge >= 0.3 is 0 Å². The van der Waals surface area contributed by atoms with Crippen LogP contribution in [0.5, 0.6) is 5.75 Å². The first-order chi connectivity index (χ1) is 14.3. The number of nitrogens with zero attached hydrogens (tertiary/aromatic N) is 1. The number of carbonyl (C=O) groups is 2. The van der Waals surface area contributed by atoms with Gasteiger partial charge < -0.3 is 15.4 Å². The van der Waals surface area contributed by atoms with E-state index in [9.17, 15) is 18.0 Å². The van der Waals surface area contributed by atoms with Crippen LogP contribution in [0.2, 0.25) is 0 Å². The molecule has 4 rings (SSSR count). The molecular formula is C21H23N3O5S. The highest BCUT2D eigenvalue weighted by Crippen LogP contribution is 2.33. The second-order valence-corrected chi connectivity index (χ2v) is 9.47. The summed E-state index contributed by atoms with van der Waals surface area (Å²) in [6.45, 7) is 3.97. The molecule has 2 aliphatic rings. The first kappa shape index (κ1) is 20.4. The number of aryl methyl sites for hydroxylation is 2. The molecule has 0 saturated carbocycles. The molecule has 0 spiro atoms. The number of fused-ring (bicyclic) bond motifs is 1. The number of amides is 2. The quantitative estimate of drug-likeness (QED) is 0.777. The fourth-order valence-electron chi connectivity index (χ4n) is 3.73. The largest absolute Gasteiger partial charge is 0.482 e. The summed E-state index contributed by atoms with van der Waals surface area (Å²) in [5.41, 5.74) is 2.90. The molecule has 0 bridgehead atoms. The lowest BCUT2D eigenvalue weighted by molar-refractivity contribution is -0.119. The van der Waals surface area contributed by atoms with Gasteiger partial charge in [0.2, 0.25) is 15.9 Å². The standard InChI is InChI=1S/C21H23N3O5S/c1-13-5-6-14(2)16(10-13)23-21(26)18-4-3-9-24(18)30(27,28)15-7-8-19-17(11-15)22-20(25)12-29-19/h5-8,10-11,18H,3-4,9,12H2,1-2H3,(H,22,25)(H,23,26). The molecule has 2 aromatic rings. The first-order valence-corrected chi connectivity index (χ1v) is 11.2. The zero-order valence-corrected chi connectivity index (χ0v) is 17.6. The van der Waals surface area contributed by atoms with Crippen molar-refractivity contribution in [2.24, 2.45) is 0 Å². The molecule has 1 unspecified atom stereocenters. The van der Waals surface area contributed by atoms with Crippen molar-refractivity contribution >= 4 is 33.2 Å². The molecule has 8 nitrogen and oxygen atoms in total. The van der Waals surface area contributed by atoms with Crippen molar-refractivity contribution in [3.8, 4) is 5.75 Å². The summed E-state index contributed by atoms with van der Waals surface area (Å²) in [7, 11) is -3.93. The first-order valence-electron chi connectivity index (χ1n) is 9.72. The number of sulfonamides is 1. The number of nitrogens with one attached hydrogen (secondary N) is 2. The van der Waals surface area contributed by atoms with Gasteiger partial charge in [-0.1, -0.05) is 12.1 Å². The highest BCUT2D eigenvalue weighted by molar-refractivity contribution is 7.89. The van der Waals surface area contributed by atoms with Gasteiger partial charge in [0.05, 0.1) is 10.6 Å². The fraction of sp³-hybridized carbons (Fsp3) is 0.333. The monoisotopic (exact) mass is 429 g/mol. The van der Waals surface area contributed by atoms with Gasteiger partial charge in [-0.2, -0.15) is 4.31 Å². The van der Waals surface area contributed by atoms with E-state index in [2.05, 4.69) is 10.6 Å². The molecule has 2 heterocycles. The van der Waals surface area contributed by atoms with Gasteiger partial charge in [-0.05, 0) is 62.1 Å². The van der Waals surface area contributed by atoms with Gasteiger partial charge in [-0.3, -0.25) is 9.59 Å². The van der Waals surface area contributed by atoms with E-state index in [4.69, 9.17) is 4.74 Å². The maximum atomic E-state index is 13.3. The molecule has 2 aliphatic heterocycles. The van der Waals surface area contributed by atoms with Gasteiger partial charge in [0, 0.05) is 12.2 Å². The number of rotatable bonds is 4. The number of carbonyl (C=O) groups excluding carboxylic acids is 2. The Morgan fingerprint density at radius 2 is 2.00 bits per heavy atom. The van der Waals surface area contributed by atoms with Crippen molar-refractivity contribution in [1.29, 1.82) is 0 Å². The minimum Gasteiger partial charge on any atom is -0.482 e. The predicted octanol–water partition coefficient (Wildman–Crippen LogP) is 2.43. The molecule has 158 valence electrons. The van der Waals surface area contributed by atoms with E-state index in [0.29, 0.717) is 30.0 Å². The summed E-state index contributed by atoms with van der Waals surface area (Å²) in [4.78, 5) is 24.5. The summed E-state index contributed by atoms with van der Waals surface area (Å²) in [6, 6.07) is 9.27. The molecule has 2 aromatic carbocycles. The lowest BCUT2D eigenvalue weighted by Crippen LogP contribution is -2.43. The van der Waals surface area contributed by atoms with Crippen molar-refractivity contribution < 1.29 is 22.7 Å². The minimum atomic E-state index is -3.93. The predicted molar refractivity (Wildman–Crippen MR) is 112 cm³/mol. The number of hydrogen-bond donors (Lipinski definition) is 2. The van der Waals surface area contributed by atoms with Crippen molar-refractivity contribution in [2.75, 3.05) is 23.8 Å². The molecular weight excluding hydrogens is 406 g/mol. The van der Waals surface area contributed by atoms with Crippen LogP contribution in [-0.2, 0) is 19.6 Å². The van der Waals surface area contributed by atoms with Gasteiger partial charge in [-0.15, -0.1) is 0 Å². The van der Waals surface area contributed by atoms with Gasteiger partial charge in [-0.25, -0.2) is 8.42 Å². The topological polar surface area (TPSA) is 105 Å². The van der Waals surface area contributed by atoms with Crippen LogP contribution in [0.4, 0.5) is 11.4 Å². The maximum absolute atomic E-state index is 13.3. The number of benzene rings is 2. The Bertz CT molecular complexity index is 1130. The highest BCUT2D eigenvalue weighted by atomic mass is 32.2. The van der Waals surface area contributed by atoms with Crippen molar-refractivity contribution in [3.05, 3.63) is 47.5 Å². The average Bonchev–Trinajstić information content (AvgIpc) is 3.21. The summed E-state index contributed by atoms with van der Waals surface area (Å²) in [5, 5.41) is 5.50. The van der Waals surface area contributed by atoms with Crippen LogP contribution in [0.25, 0.3) is 0 Å². The Balaban J connectivity index is 1.59. The normalized spacial score (nSPS) is 19.0.